The van der Waals surface area contributed by atoms with Gasteiger partial charge in [0.1, 0.15) is 0 Å². The molecule has 19 heavy (non-hydrogen) atoms. The predicted octanol–water partition coefficient (Wildman–Crippen LogP) is 2.52. The second kappa shape index (κ2) is 6.20. The zero-order chi connectivity index (χ0) is 13.8. The molecule has 0 saturated carbocycles. The van der Waals surface area contributed by atoms with Gasteiger partial charge in [-0.3, -0.25) is 4.79 Å². The average Bonchev–Trinajstić information content (AvgIpc) is 2.81. The van der Waals surface area contributed by atoms with Crippen LogP contribution in [0.1, 0.15) is 44.6 Å². The van der Waals surface area contributed by atoms with Crippen LogP contribution in [-0.2, 0) is 4.79 Å². The van der Waals surface area contributed by atoms with Gasteiger partial charge in [0, 0.05) is 18.5 Å². The van der Waals surface area contributed by atoms with Crippen molar-refractivity contribution < 1.29 is 4.79 Å². The van der Waals surface area contributed by atoms with Crippen LogP contribution in [0.4, 0.5) is 0 Å². The molecule has 3 nitrogen and oxygen atoms in total. The summed E-state index contributed by atoms with van der Waals surface area (Å²) in [7, 11) is 0. The summed E-state index contributed by atoms with van der Waals surface area (Å²) < 4.78 is 0. The number of carbonyl (C=O) groups excluding carboxylic acids is 1. The number of hydrogen-bond donors (Lipinski definition) is 1. The number of nitrogens with zero attached hydrogens (tertiary/aromatic N) is 1. The van der Waals surface area contributed by atoms with Crippen molar-refractivity contribution in [1.29, 1.82) is 0 Å². The molecule has 2 rings (SSSR count). The van der Waals surface area contributed by atoms with Crippen LogP contribution in [-0.4, -0.2) is 29.4 Å². The topological polar surface area (TPSA) is 46.3 Å². The van der Waals surface area contributed by atoms with Gasteiger partial charge in [0.2, 0.25) is 5.91 Å². The van der Waals surface area contributed by atoms with Gasteiger partial charge in [-0.15, -0.1) is 0 Å². The van der Waals surface area contributed by atoms with Crippen LogP contribution in [0.3, 0.4) is 0 Å². The molecule has 1 aliphatic heterocycles. The first kappa shape index (κ1) is 14.1. The van der Waals surface area contributed by atoms with Crippen LogP contribution in [0.5, 0.6) is 0 Å². The number of rotatable bonds is 4. The van der Waals surface area contributed by atoms with Crippen molar-refractivity contribution in [3.05, 3.63) is 35.9 Å². The van der Waals surface area contributed by atoms with Gasteiger partial charge >= 0.3 is 0 Å². The van der Waals surface area contributed by atoms with Gasteiger partial charge in [-0.05, 0) is 25.3 Å². The van der Waals surface area contributed by atoms with Crippen molar-refractivity contribution in [3.8, 4) is 0 Å². The Hall–Kier alpha value is -1.35. The molecule has 3 atom stereocenters. The zero-order valence-corrected chi connectivity index (χ0v) is 11.9. The molecule has 0 radical (unpaired) electrons. The van der Waals surface area contributed by atoms with Crippen molar-refractivity contribution >= 4 is 5.91 Å². The normalized spacial score (nSPS) is 24.5. The second-order valence-corrected chi connectivity index (χ2v) is 5.58. The average molecular weight is 260 g/mol. The van der Waals surface area contributed by atoms with E-state index < -0.39 is 0 Å². The standard InChI is InChI=1S/C16H24N2O/c1-3-7-15(17)16(19)18-11-14(10-12(18)2)13-8-5-4-6-9-13/h4-6,8-9,12,14-15H,3,7,10-11,17H2,1-2H3. The number of amides is 1. The van der Waals surface area contributed by atoms with E-state index >= 15 is 0 Å². The van der Waals surface area contributed by atoms with Crippen LogP contribution in [0.15, 0.2) is 30.3 Å². The SMILES string of the molecule is CCCC(N)C(=O)N1CC(c2ccccc2)CC1C. The van der Waals surface area contributed by atoms with Gasteiger partial charge in [-0.1, -0.05) is 43.7 Å². The van der Waals surface area contributed by atoms with Crippen LogP contribution >= 0.6 is 0 Å². The Labute approximate surface area is 115 Å². The minimum Gasteiger partial charge on any atom is -0.338 e. The lowest BCUT2D eigenvalue weighted by Crippen LogP contribution is -2.45. The Morgan fingerprint density at radius 3 is 2.74 bits per heavy atom. The third-order valence-electron chi connectivity index (χ3n) is 4.05. The van der Waals surface area contributed by atoms with Crippen molar-refractivity contribution in [2.75, 3.05) is 6.54 Å². The van der Waals surface area contributed by atoms with E-state index in [1.165, 1.54) is 5.56 Å². The van der Waals surface area contributed by atoms with E-state index in [0.717, 1.165) is 25.8 Å². The first-order chi connectivity index (χ1) is 9.13. The van der Waals surface area contributed by atoms with Gasteiger partial charge in [0.25, 0.3) is 0 Å². The molecule has 3 unspecified atom stereocenters. The zero-order valence-electron chi connectivity index (χ0n) is 11.9. The predicted molar refractivity (Wildman–Crippen MR) is 77.9 cm³/mol. The number of nitrogens with two attached hydrogens (primary N) is 1. The summed E-state index contributed by atoms with van der Waals surface area (Å²) in [4.78, 5) is 14.3. The van der Waals surface area contributed by atoms with Crippen LogP contribution in [0.2, 0.25) is 0 Å². The van der Waals surface area contributed by atoms with E-state index in [0.29, 0.717) is 12.0 Å². The monoisotopic (exact) mass is 260 g/mol. The molecular weight excluding hydrogens is 236 g/mol. The molecular formula is C16H24N2O. The molecule has 0 spiro atoms. The van der Waals surface area contributed by atoms with Crippen molar-refractivity contribution in [1.82, 2.24) is 4.90 Å². The Morgan fingerprint density at radius 2 is 2.11 bits per heavy atom. The Bertz CT molecular complexity index is 418. The summed E-state index contributed by atoms with van der Waals surface area (Å²) in [5, 5.41) is 0. The third kappa shape index (κ3) is 3.16. The summed E-state index contributed by atoms with van der Waals surface area (Å²) in [6, 6.07) is 10.4. The van der Waals surface area contributed by atoms with E-state index in [-0.39, 0.29) is 11.9 Å². The summed E-state index contributed by atoms with van der Waals surface area (Å²) in [6.07, 6.45) is 2.77. The molecule has 1 aromatic rings. The molecule has 104 valence electrons. The van der Waals surface area contributed by atoms with E-state index in [1.54, 1.807) is 0 Å². The molecule has 0 bridgehead atoms. The molecule has 1 aromatic carbocycles. The molecule has 1 amide bonds. The van der Waals surface area contributed by atoms with Gasteiger partial charge in [0.15, 0.2) is 0 Å². The first-order valence-corrected chi connectivity index (χ1v) is 7.24. The minimum absolute atomic E-state index is 0.118. The van der Waals surface area contributed by atoms with Crippen LogP contribution in [0.25, 0.3) is 0 Å². The van der Waals surface area contributed by atoms with Crippen molar-refractivity contribution in [3.63, 3.8) is 0 Å². The maximum atomic E-state index is 12.3. The highest BCUT2D eigenvalue weighted by Crippen LogP contribution is 2.31. The molecule has 1 aliphatic rings. The Morgan fingerprint density at radius 1 is 1.42 bits per heavy atom. The van der Waals surface area contributed by atoms with E-state index in [1.807, 2.05) is 11.0 Å². The lowest BCUT2D eigenvalue weighted by Gasteiger charge is -2.24. The first-order valence-electron chi connectivity index (χ1n) is 7.24. The number of benzene rings is 1. The largest absolute Gasteiger partial charge is 0.338 e. The van der Waals surface area contributed by atoms with Crippen molar-refractivity contribution in [2.24, 2.45) is 5.73 Å². The second-order valence-electron chi connectivity index (χ2n) is 5.58. The summed E-state index contributed by atoms with van der Waals surface area (Å²) in [5.41, 5.74) is 7.29. The lowest BCUT2D eigenvalue weighted by atomic mass is 9.97. The Kier molecular flexibility index (Phi) is 4.59. The fraction of sp³-hybridized carbons (Fsp3) is 0.562. The van der Waals surface area contributed by atoms with Crippen molar-refractivity contribution in [2.45, 2.75) is 51.1 Å². The van der Waals surface area contributed by atoms with E-state index in [9.17, 15) is 4.79 Å². The van der Waals surface area contributed by atoms with Gasteiger partial charge < -0.3 is 10.6 Å². The summed E-state index contributed by atoms with van der Waals surface area (Å²) in [5.74, 6) is 0.571. The highest BCUT2D eigenvalue weighted by molar-refractivity contribution is 5.82. The quantitative estimate of drug-likeness (QED) is 0.904. The van der Waals surface area contributed by atoms with Crippen LogP contribution in [0, 0.1) is 0 Å². The third-order valence-corrected chi connectivity index (χ3v) is 4.05. The molecule has 1 saturated heterocycles. The lowest BCUT2D eigenvalue weighted by molar-refractivity contribution is -0.133. The molecule has 0 aromatic heterocycles. The summed E-state index contributed by atoms with van der Waals surface area (Å²) in [6.45, 7) is 4.99. The fourth-order valence-corrected chi connectivity index (χ4v) is 2.95. The van der Waals surface area contributed by atoms with E-state index in [2.05, 4.69) is 38.1 Å². The van der Waals surface area contributed by atoms with Crippen LogP contribution < -0.4 is 5.73 Å². The molecule has 2 N–H and O–H groups in total. The molecule has 1 fully saturated rings. The highest BCUT2D eigenvalue weighted by Gasteiger charge is 2.34. The highest BCUT2D eigenvalue weighted by atomic mass is 16.2. The maximum absolute atomic E-state index is 12.3. The number of likely N-dealkylation sites (tertiary alicyclic amines) is 1. The molecule has 3 heteroatoms. The fourth-order valence-electron chi connectivity index (χ4n) is 2.95. The molecule has 0 aliphatic carbocycles. The summed E-state index contributed by atoms with van der Waals surface area (Å²) >= 11 is 0. The van der Waals surface area contributed by atoms with Gasteiger partial charge in [-0.25, -0.2) is 0 Å². The Balaban J connectivity index is 2.03. The molecule has 1 heterocycles. The maximum Gasteiger partial charge on any atom is 0.239 e. The number of carbonyl (C=O) groups is 1. The van der Waals surface area contributed by atoms with Gasteiger partial charge in [0.05, 0.1) is 6.04 Å². The van der Waals surface area contributed by atoms with E-state index in [4.69, 9.17) is 5.73 Å². The minimum atomic E-state index is -0.332. The number of hydrogen-bond acceptors (Lipinski definition) is 2. The van der Waals surface area contributed by atoms with Gasteiger partial charge in [-0.2, -0.15) is 0 Å². The smallest absolute Gasteiger partial charge is 0.239 e.